The summed E-state index contributed by atoms with van der Waals surface area (Å²) in [5.74, 6) is 2.45. The number of carbonyl (C=O) groups excluding carboxylic acids is 2. The number of nitrogens with one attached hydrogen (secondary N) is 1. The molecule has 0 saturated carbocycles. The van der Waals surface area contributed by atoms with Gasteiger partial charge in [0, 0.05) is 17.9 Å². The topological polar surface area (TPSA) is 92.7 Å². The zero-order valence-corrected chi connectivity index (χ0v) is 11.5. The molecule has 0 aromatic heterocycles. The molecule has 21 heavy (non-hydrogen) atoms. The van der Waals surface area contributed by atoms with Gasteiger partial charge in [0.1, 0.15) is 6.04 Å². The number of carboxylic acid groups (broad SMARTS) is 1. The van der Waals surface area contributed by atoms with Crippen LogP contribution in [0.4, 0.5) is 0 Å². The number of methoxy groups -OCH3 is 1. The Morgan fingerprint density at radius 1 is 1.29 bits per heavy atom. The van der Waals surface area contributed by atoms with Crippen LogP contribution in [0.2, 0.25) is 0 Å². The first-order valence-corrected chi connectivity index (χ1v) is 6.20. The average molecular weight is 289 g/mol. The summed E-state index contributed by atoms with van der Waals surface area (Å²) in [7, 11) is 1.21. The van der Waals surface area contributed by atoms with Gasteiger partial charge in [0.25, 0.3) is 5.91 Å². The fourth-order valence-electron chi connectivity index (χ4n) is 1.47. The number of carboxylic acids is 1. The predicted octanol–water partition coefficient (Wildman–Crippen LogP) is 0.561. The Kier molecular flexibility index (Phi) is 6.48. The number of ether oxygens (including phenoxy) is 1. The molecule has 1 amide bonds. The molecule has 0 saturated heterocycles. The van der Waals surface area contributed by atoms with Gasteiger partial charge in [-0.25, -0.2) is 4.79 Å². The van der Waals surface area contributed by atoms with Gasteiger partial charge in [0.05, 0.1) is 7.11 Å². The minimum atomic E-state index is -1.23. The normalized spacial score (nSPS) is 10.7. The molecular formula is C15H15NO5. The van der Waals surface area contributed by atoms with E-state index in [-0.39, 0.29) is 12.8 Å². The maximum atomic E-state index is 11.6. The molecular weight excluding hydrogens is 274 g/mol. The molecule has 0 radical (unpaired) electrons. The number of esters is 1. The zero-order chi connectivity index (χ0) is 15.7. The first kappa shape index (κ1) is 16.2. The monoisotopic (exact) mass is 289 g/mol. The molecule has 0 aliphatic rings. The molecule has 6 nitrogen and oxygen atoms in total. The van der Waals surface area contributed by atoms with Crippen LogP contribution >= 0.6 is 0 Å². The van der Waals surface area contributed by atoms with Gasteiger partial charge in [-0.2, -0.15) is 0 Å². The van der Waals surface area contributed by atoms with Gasteiger partial charge < -0.3 is 15.2 Å². The molecule has 2 N–H and O–H groups in total. The minimum Gasteiger partial charge on any atom is -0.480 e. The van der Waals surface area contributed by atoms with E-state index in [1.165, 1.54) is 7.11 Å². The summed E-state index contributed by atoms with van der Waals surface area (Å²) >= 11 is 0. The van der Waals surface area contributed by atoms with Crippen molar-refractivity contribution in [1.82, 2.24) is 5.32 Å². The molecule has 0 bridgehead atoms. The molecule has 6 heteroatoms. The average Bonchev–Trinajstić information content (AvgIpc) is 2.49. The standard InChI is InChI=1S/C15H15NO5/c1-21-14(18)10-8-12(15(19)20)16-13(17)9-7-11-5-3-2-4-6-11/h2-6,12H,8,10H2,1H3,(H,16,17)(H,19,20)/t12-/m0/s1. The van der Waals surface area contributed by atoms with Gasteiger partial charge >= 0.3 is 11.9 Å². The molecule has 0 aliphatic heterocycles. The van der Waals surface area contributed by atoms with Crippen LogP contribution in [0.15, 0.2) is 30.3 Å². The van der Waals surface area contributed by atoms with Crippen LogP contribution in [0.1, 0.15) is 18.4 Å². The van der Waals surface area contributed by atoms with Crippen molar-refractivity contribution in [3.8, 4) is 11.8 Å². The molecule has 0 unspecified atom stereocenters. The quantitative estimate of drug-likeness (QED) is 0.610. The maximum absolute atomic E-state index is 11.6. The molecule has 1 rings (SSSR count). The Morgan fingerprint density at radius 2 is 1.95 bits per heavy atom. The molecule has 0 spiro atoms. The number of hydrogen-bond donors (Lipinski definition) is 2. The Balaban J connectivity index is 2.59. The minimum absolute atomic E-state index is 0.0548. The van der Waals surface area contributed by atoms with E-state index in [4.69, 9.17) is 5.11 Å². The lowest BCUT2D eigenvalue weighted by Gasteiger charge is -2.11. The number of rotatable bonds is 5. The molecule has 0 aliphatic carbocycles. The molecule has 1 atom stereocenters. The van der Waals surface area contributed by atoms with E-state index in [1.54, 1.807) is 24.3 Å². The zero-order valence-electron chi connectivity index (χ0n) is 11.5. The first-order chi connectivity index (χ1) is 10.0. The summed E-state index contributed by atoms with van der Waals surface area (Å²) in [6.45, 7) is 0. The van der Waals surface area contributed by atoms with E-state index >= 15 is 0 Å². The van der Waals surface area contributed by atoms with E-state index in [0.717, 1.165) is 0 Å². The van der Waals surface area contributed by atoms with E-state index < -0.39 is 23.9 Å². The van der Waals surface area contributed by atoms with Crippen molar-refractivity contribution in [3.63, 3.8) is 0 Å². The van der Waals surface area contributed by atoms with Crippen molar-refractivity contribution in [2.24, 2.45) is 0 Å². The molecule has 0 heterocycles. The summed E-state index contributed by atoms with van der Waals surface area (Å²) in [6.07, 6.45) is -0.152. The third-order valence-electron chi connectivity index (χ3n) is 2.56. The maximum Gasteiger partial charge on any atom is 0.326 e. The lowest BCUT2D eigenvalue weighted by atomic mass is 10.1. The van der Waals surface area contributed by atoms with Crippen molar-refractivity contribution in [2.75, 3.05) is 7.11 Å². The SMILES string of the molecule is COC(=O)CC[C@H](NC(=O)C#Cc1ccccc1)C(=O)O. The van der Waals surface area contributed by atoms with Crippen LogP contribution in [-0.2, 0) is 19.1 Å². The van der Waals surface area contributed by atoms with Crippen molar-refractivity contribution < 1.29 is 24.2 Å². The fourth-order valence-corrected chi connectivity index (χ4v) is 1.47. The van der Waals surface area contributed by atoms with Crippen LogP contribution in [0.5, 0.6) is 0 Å². The van der Waals surface area contributed by atoms with E-state index in [9.17, 15) is 14.4 Å². The number of benzene rings is 1. The van der Waals surface area contributed by atoms with Crippen LogP contribution < -0.4 is 5.32 Å². The second kappa shape index (κ2) is 8.38. The second-order valence-electron chi connectivity index (χ2n) is 4.10. The third-order valence-corrected chi connectivity index (χ3v) is 2.56. The Bertz CT molecular complexity index is 571. The van der Waals surface area contributed by atoms with Gasteiger partial charge in [-0.15, -0.1) is 0 Å². The highest BCUT2D eigenvalue weighted by atomic mass is 16.5. The lowest BCUT2D eigenvalue weighted by molar-refractivity contribution is -0.143. The van der Waals surface area contributed by atoms with E-state index in [1.807, 2.05) is 6.07 Å². The highest BCUT2D eigenvalue weighted by molar-refractivity contribution is 5.96. The van der Waals surface area contributed by atoms with E-state index in [0.29, 0.717) is 5.56 Å². The lowest BCUT2D eigenvalue weighted by Crippen LogP contribution is -2.40. The molecule has 1 aromatic rings. The highest BCUT2D eigenvalue weighted by Crippen LogP contribution is 2.00. The van der Waals surface area contributed by atoms with E-state index in [2.05, 4.69) is 21.9 Å². The number of hydrogen-bond acceptors (Lipinski definition) is 4. The molecule has 110 valence electrons. The summed E-state index contributed by atoms with van der Waals surface area (Å²) in [5.41, 5.74) is 0.647. The fraction of sp³-hybridized carbons (Fsp3) is 0.267. The largest absolute Gasteiger partial charge is 0.480 e. The number of amides is 1. The summed E-state index contributed by atoms with van der Waals surface area (Å²) in [4.78, 5) is 33.6. The third kappa shape index (κ3) is 6.25. The molecule has 0 fully saturated rings. The van der Waals surface area contributed by atoms with Gasteiger partial charge in [0.2, 0.25) is 0 Å². The molecule has 1 aromatic carbocycles. The Morgan fingerprint density at radius 3 is 2.52 bits per heavy atom. The van der Waals surface area contributed by atoms with Crippen molar-refractivity contribution >= 4 is 17.8 Å². The summed E-state index contributed by atoms with van der Waals surface area (Å²) in [6, 6.07) is 7.65. The van der Waals surface area contributed by atoms with Gasteiger partial charge in [-0.3, -0.25) is 9.59 Å². The van der Waals surface area contributed by atoms with Gasteiger partial charge in [0.15, 0.2) is 0 Å². The number of carbonyl (C=O) groups is 3. The van der Waals surface area contributed by atoms with Gasteiger partial charge in [-0.05, 0) is 18.6 Å². The Labute approximate surface area is 122 Å². The van der Waals surface area contributed by atoms with Crippen LogP contribution in [0.3, 0.4) is 0 Å². The van der Waals surface area contributed by atoms with Crippen molar-refractivity contribution in [3.05, 3.63) is 35.9 Å². The predicted molar refractivity (Wildman–Crippen MR) is 74.1 cm³/mol. The summed E-state index contributed by atoms with van der Waals surface area (Å²) in [5, 5.41) is 11.2. The first-order valence-electron chi connectivity index (χ1n) is 6.20. The number of aliphatic carboxylic acids is 1. The van der Waals surface area contributed by atoms with Crippen LogP contribution in [0, 0.1) is 11.8 Å². The summed E-state index contributed by atoms with van der Waals surface area (Å²) < 4.78 is 4.42. The van der Waals surface area contributed by atoms with Gasteiger partial charge in [-0.1, -0.05) is 24.1 Å². The Hall–Kier alpha value is -2.81. The highest BCUT2D eigenvalue weighted by Gasteiger charge is 2.20. The van der Waals surface area contributed by atoms with Crippen LogP contribution in [0.25, 0.3) is 0 Å². The second-order valence-corrected chi connectivity index (χ2v) is 4.10. The van der Waals surface area contributed by atoms with Crippen molar-refractivity contribution in [1.29, 1.82) is 0 Å². The smallest absolute Gasteiger partial charge is 0.326 e. The van der Waals surface area contributed by atoms with Crippen LogP contribution in [-0.4, -0.2) is 36.1 Å². The van der Waals surface area contributed by atoms with Crippen molar-refractivity contribution in [2.45, 2.75) is 18.9 Å².